The fourth-order valence-electron chi connectivity index (χ4n) is 2.06. The quantitative estimate of drug-likeness (QED) is 0.781. The molecule has 0 radical (unpaired) electrons. The predicted molar refractivity (Wildman–Crippen MR) is 78.5 cm³/mol. The molecule has 1 aromatic rings. The molecule has 2 rings (SSSR count). The molecule has 0 aromatic heterocycles. The van der Waals surface area contributed by atoms with Crippen molar-refractivity contribution in [3.63, 3.8) is 0 Å². The second-order valence-corrected chi connectivity index (χ2v) is 6.26. The Balaban J connectivity index is 2.38. The van der Waals surface area contributed by atoms with Crippen molar-refractivity contribution in [1.29, 1.82) is 0 Å². The van der Waals surface area contributed by atoms with Gasteiger partial charge in [0, 0.05) is 16.0 Å². The number of rotatable bonds is 2. The first-order chi connectivity index (χ1) is 8.69. The van der Waals surface area contributed by atoms with Crippen molar-refractivity contribution in [1.82, 2.24) is 0 Å². The smallest absolute Gasteiger partial charge is 0.496 e. The SMILES string of the molecule is COc1ccc(B2OC(C)(C)C(C)(C)O2)c(Cl)c1C. The monoisotopic (exact) mass is 282 g/mol. The summed E-state index contributed by atoms with van der Waals surface area (Å²) in [5.41, 5.74) is 1.01. The molecule has 19 heavy (non-hydrogen) atoms. The highest BCUT2D eigenvalue weighted by atomic mass is 35.5. The summed E-state index contributed by atoms with van der Waals surface area (Å²) in [5, 5.41) is 0.637. The van der Waals surface area contributed by atoms with Gasteiger partial charge in [-0.25, -0.2) is 0 Å². The molecular formula is C14H20BClO3. The van der Waals surface area contributed by atoms with Crippen molar-refractivity contribution in [2.24, 2.45) is 0 Å². The van der Waals surface area contributed by atoms with Gasteiger partial charge in [-0.05, 0) is 40.7 Å². The summed E-state index contributed by atoms with van der Waals surface area (Å²) in [7, 11) is 1.19. The minimum Gasteiger partial charge on any atom is -0.496 e. The number of methoxy groups -OCH3 is 1. The van der Waals surface area contributed by atoms with Gasteiger partial charge in [-0.15, -0.1) is 0 Å². The van der Waals surface area contributed by atoms with Crippen molar-refractivity contribution < 1.29 is 14.0 Å². The van der Waals surface area contributed by atoms with Crippen LogP contribution in [0.2, 0.25) is 5.02 Å². The standard InChI is InChI=1S/C14H20BClO3/c1-9-11(17-6)8-7-10(12(9)16)15-18-13(2,3)14(4,5)19-15/h7-8H,1-6H3. The average Bonchev–Trinajstić information content (AvgIpc) is 2.51. The minimum absolute atomic E-state index is 0.366. The lowest BCUT2D eigenvalue weighted by Crippen LogP contribution is -2.41. The third kappa shape index (κ3) is 2.37. The molecule has 0 atom stereocenters. The van der Waals surface area contributed by atoms with Crippen molar-refractivity contribution in [3.8, 4) is 5.75 Å². The number of benzene rings is 1. The Morgan fingerprint density at radius 1 is 1.11 bits per heavy atom. The molecule has 5 heteroatoms. The summed E-state index contributed by atoms with van der Waals surface area (Å²) in [6.45, 7) is 10.0. The Kier molecular flexibility index (Phi) is 3.63. The first-order valence-corrected chi connectivity index (χ1v) is 6.76. The fraction of sp³-hybridized carbons (Fsp3) is 0.571. The van der Waals surface area contributed by atoms with Gasteiger partial charge < -0.3 is 14.0 Å². The zero-order valence-corrected chi connectivity index (χ0v) is 13.1. The third-order valence-corrected chi connectivity index (χ3v) is 4.60. The van der Waals surface area contributed by atoms with Crippen LogP contribution in [0.4, 0.5) is 0 Å². The van der Waals surface area contributed by atoms with E-state index in [0.717, 1.165) is 16.8 Å². The summed E-state index contributed by atoms with van der Waals surface area (Å²) in [6, 6.07) is 3.79. The van der Waals surface area contributed by atoms with Crippen molar-refractivity contribution in [3.05, 3.63) is 22.7 Å². The predicted octanol–water partition coefficient (Wildman–Crippen LogP) is 2.96. The molecular weight excluding hydrogens is 262 g/mol. The van der Waals surface area contributed by atoms with Gasteiger partial charge in [-0.1, -0.05) is 17.7 Å². The molecule has 0 saturated carbocycles. The van der Waals surface area contributed by atoms with E-state index >= 15 is 0 Å². The first kappa shape index (κ1) is 14.7. The Morgan fingerprint density at radius 2 is 1.63 bits per heavy atom. The molecule has 0 N–H and O–H groups in total. The van der Waals surface area contributed by atoms with Crippen molar-refractivity contribution >= 4 is 24.2 Å². The fourth-order valence-corrected chi connectivity index (χ4v) is 2.31. The molecule has 1 aliphatic heterocycles. The second kappa shape index (κ2) is 4.69. The number of ether oxygens (including phenoxy) is 1. The van der Waals surface area contributed by atoms with E-state index in [1.807, 2.05) is 46.8 Å². The topological polar surface area (TPSA) is 27.7 Å². The van der Waals surface area contributed by atoms with Crippen LogP contribution in [-0.2, 0) is 9.31 Å². The first-order valence-electron chi connectivity index (χ1n) is 6.38. The maximum atomic E-state index is 6.40. The van der Waals surface area contributed by atoms with Gasteiger partial charge >= 0.3 is 7.12 Å². The molecule has 1 aromatic carbocycles. The van der Waals surface area contributed by atoms with E-state index in [0.29, 0.717) is 5.02 Å². The summed E-state index contributed by atoms with van der Waals surface area (Å²) in [6.07, 6.45) is 0. The van der Waals surface area contributed by atoms with Crippen LogP contribution < -0.4 is 10.2 Å². The Labute approximate surface area is 120 Å². The second-order valence-electron chi connectivity index (χ2n) is 5.88. The maximum absolute atomic E-state index is 6.40. The molecule has 0 spiro atoms. The molecule has 3 nitrogen and oxygen atoms in total. The minimum atomic E-state index is -0.442. The molecule has 1 fully saturated rings. The molecule has 1 saturated heterocycles. The molecule has 0 aliphatic carbocycles. The number of hydrogen-bond donors (Lipinski definition) is 0. The van der Waals surface area contributed by atoms with Gasteiger partial charge in [0.25, 0.3) is 0 Å². The van der Waals surface area contributed by atoms with Gasteiger partial charge in [0.1, 0.15) is 5.75 Å². The van der Waals surface area contributed by atoms with Crippen molar-refractivity contribution in [2.45, 2.75) is 45.8 Å². The van der Waals surface area contributed by atoms with Crippen LogP contribution in [0.15, 0.2) is 12.1 Å². The van der Waals surface area contributed by atoms with E-state index in [4.69, 9.17) is 25.6 Å². The highest BCUT2D eigenvalue weighted by molar-refractivity contribution is 6.65. The number of halogens is 1. The molecule has 0 amide bonds. The van der Waals surface area contributed by atoms with Crippen molar-refractivity contribution in [2.75, 3.05) is 7.11 Å². The van der Waals surface area contributed by atoms with E-state index in [1.54, 1.807) is 7.11 Å². The Hall–Kier alpha value is -0.705. The normalized spacial score (nSPS) is 20.7. The van der Waals surface area contributed by atoms with Crippen LogP contribution >= 0.6 is 11.6 Å². The molecule has 1 aliphatic rings. The summed E-state index contributed by atoms with van der Waals surface area (Å²) < 4.78 is 17.3. The highest BCUT2D eigenvalue weighted by Gasteiger charge is 2.52. The van der Waals surface area contributed by atoms with E-state index in [1.165, 1.54) is 0 Å². The zero-order valence-electron chi connectivity index (χ0n) is 12.3. The third-order valence-electron chi connectivity index (χ3n) is 4.09. The van der Waals surface area contributed by atoms with Gasteiger partial charge in [-0.2, -0.15) is 0 Å². The van der Waals surface area contributed by atoms with E-state index in [2.05, 4.69) is 0 Å². The van der Waals surface area contributed by atoms with Crippen LogP contribution in [0.1, 0.15) is 33.3 Å². The van der Waals surface area contributed by atoms with Gasteiger partial charge in [0.15, 0.2) is 0 Å². The van der Waals surface area contributed by atoms with E-state index in [9.17, 15) is 0 Å². The average molecular weight is 283 g/mol. The molecule has 1 heterocycles. The molecule has 0 bridgehead atoms. The largest absolute Gasteiger partial charge is 0.496 e. The molecule has 104 valence electrons. The van der Waals surface area contributed by atoms with Gasteiger partial charge in [-0.3, -0.25) is 0 Å². The number of hydrogen-bond acceptors (Lipinski definition) is 3. The van der Waals surface area contributed by atoms with Crippen LogP contribution in [0.25, 0.3) is 0 Å². The lowest BCUT2D eigenvalue weighted by Gasteiger charge is -2.32. The lowest BCUT2D eigenvalue weighted by molar-refractivity contribution is 0.00578. The van der Waals surface area contributed by atoms with Crippen LogP contribution in [0, 0.1) is 6.92 Å². The summed E-state index contributed by atoms with van der Waals surface area (Å²) >= 11 is 6.40. The Bertz CT molecular complexity index is 484. The Morgan fingerprint density at radius 3 is 2.11 bits per heavy atom. The van der Waals surface area contributed by atoms with Crippen LogP contribution in [0.5, 0.6) is 5.75 Å². The maximum Gasteiger partial charge on any atom is 0.496 e. The van der Waals surface area contributed by atoms with Crippen LogP contribution in [0.3, 0.4) is 0 Å². The summed E-state index contributed by atoms with van der Waals surface area (Å²) in [4.78, 5) is 0. The van der Waals surface area contributed by atoms with E-state index in [-0.39, 0.29) is 11.2 Å². The zero-order chi connectivity index (χ0) is 14.4. The summed E-state index contributed by atoms with van der Waals surface area (Å²) in [5.74, 6) is 0.769. The van der Waals surface area contributed by atoms with E-state index < -0.39 is 7.12 Å². The lowest BCUT2D eigenvalue weighted by atomic mass is 9.78. The van der Waals surface area contributed by atoms with Gasteiger partial charge in [0.05, 0.1) is 18.3 Å². The van der Waals surface area contributed by atoms with Gasteiger partial charge in [0.2, 0.25) is 0 Å². The van der Waals surface area contributed by atoms with Crippen LogP contribution in [-0.4, -0.2) is 25.4 Å². The molecule has 0 unspecified atom stereocenters. The highest BCUT2D eigenvalue weighted by Crippen LogP contribution is 2.37.